The molecule has 0 radical (unpaired) electrons. The summed E-state index contributed by atoms with van der Waals surface area (Å²) in [7, 11) is 0. The molecule has 1 aliphatic carbocycles. The van der Waals surface area contributed by atoms with Gasteiger partial charge in [-0.2, -0.15) is 0 Å². The van der Waals surface area contributed by atoms with E-state index in [0.717, 1.165) is 29.7 Å². The maximum Gasteiger partial charge on any atom is 0.270 e. The highest BCUT2D eigenvalue weighted by atomic mass is 79.9. The normalized spacial score (nSPS) is 22.5. The molecule has 2 fully saturated rings. The standard InChI is InChI=1S/C14H19BrN2O/c1-14(2)5-6-16(9-14)13(18)12-7-10(15)8-17(12)11-3-4-11/h7-8,11H,3-6,9H2,1-2H3. The number of nitrogens with zero attached hydrogens (tertiary/aromatic N) is 2. The van der Waals surface area contributed by atoms with Gasteiger partial charge in [0.2, 0.25) is 0 Å². The van der Waals surface area contributed by atoms with Crippen molar-refractivity contribution >= 4 is 21.8 Å². The van der Waals surface area contributed by atoms with Gasteiger partial charge in [-0.25, -0.2) is 0 Å². The average Bonchev–Trinajstić information content (AvgIpc) is 2.98. The fourth-order valence-electron chi connectivity index (χ4n) is 2.72. The van der Waals surface area contributed by atoms with Crippen LogP contribution >= 0.6 is 15.9 Å². The Labute approximate surface area is 116 Å². The van der Waals surface area contributed by atoms with Crippen molar-refractivity contribution in [3.63, 3.8) is 0 Å². The second-order valence-electron chi connectivity index (χ2n) is 6.32. The molecule has 2 aliphatic rings. The van der Waals surface area contributed by atoms with Crippen LogP contribution in [0.3, 0.4) is 0 Å². The third-order valence-corrected chi connectivity index (χ3v) is 4.37. The van der Waals surface area contributed by atoms with Crippen LogP contribution in [-0.4, -0.2) is 28.5 Å². The van der Waals surface area contributed by atoms with E-state index in [2.05, 4.69) is 34.3 Å². The van der Waals surface area contributed by atoms with E-state index in [1.807, 2.05) is 17.2 Å². The summed E-state index contributed by atoms with van der Waals surface area (Å²) in [6.45, 7) is 6.23. The van der Waals surface area contributed by atoms with Gasteiger partial charge in [0.25, 0.3) is 5.91 Å². The molecule has 0 aromatic carbocycles. The quantitative estimate of drug-likeness (QED) is 0.821. The zero-order chi connectivity index (χ0) is 12.9. The molecule has 1 aromatic rings. The Balaban J connectivity index is 1.84. The largest absolute Gasteiger partial charge is 0.339 e. The summed E-state index contributed by atoms with van der Waals surface area (Å²) < 4.78 is 3.16. The van der Waals surface area contributed by atoms with E-state index in [9.17, 15) is 4.79 Å². The highest BCUT2D eigenvalue weighted by Crippen LogP contribution is 2.38. The molecule has 2 heterocycles. The number of aromatic nitrogens is 1. The van der Waals surface area contributed by atoms with Gasteiger partial charge in [-0.05, 0) is 46.7 Å². The second kappa shape index (κ2) is 4.12. The van der Waals surface area contributed by atoms with Gasteiger partial charge in [0.1, 0.15) is 5.69 Å². The molecule has 1 aromatic heterocycles. The smallest absolute Gasteiger partial charge is 0.270 e. The second-order valence-corrected chi connectivity index (χ2v) is 7.24. The maximum absolute atomic E-state index is 12.6. The molecule has 0 spiro atoms. The van der Waals surface area contributed by atoms with E-state index >= 15 is 0 Å². The third kappa shape index (κ3) is 2.22. The Morgan fingerprint density at radius 2 is 2.17 bits per heavy atom. The molecule has 3 rings (SSSR count). The van der Waals surface area contributed by atoms with E-state index in [0.29, 0.717) is 6.04 Å². The third-order valence-electron chi connectivity index (χ3n) is 3.94. The summed E-state index contributed by atoms with van der Waals surface area (Å²) in [5, 5.41) is 0. The van der Waals surface area contributed by atoms with Crippen molar-refractivity contribution in [2.45, 2.75) is 39.2 Å². The van der Waals surface area contributed by atoms with Gasteiger partial charge >= 0.3 is 0 Å². The summed E-state index contributed by atoms with van der Waals surface area (Å²) >= 11 is 3.49. The highest BCUT2D eigenvalue weighted by Gasteiger charge is 2.35. The number of rotatable bonds is 2. The van der Waals surface area contributed by atoms with Crippen LogP contribution in [0.1, 0.15) is 49.6 Å². The zero-order valence-corrected chi connectivity index (χ0v) is 12.5. The summed E-state index contributed by atoms with van der Waals surface area (Å²) in [6, 6.07) is 2.51. The monoisotopic (exact) mass is 310 g/mol. The number of carbonyl (C=O) groups excluding carboxylic acids is 1. The summed E-state index contributed by atoms with van der Waals surface area (Å²) in [5.74, 6) is 0.193. The van der Waals surface area contributed by atoms with Gasteiger partial charge in [0.05, 0.1) is 0 Å². The Morgan fingerprint density at radius 3 is 2.72 bits per heavy atom. The van der Waals surface area contributed by atoms with Crippen molar-refractivity contribution in [1.82, 2.24) is 9.47 Å². The minimum Gasteiger partial charge on any atom is -0.339 e. The van der Waals surface area contributed by atoms with Crippen molar-refractivity contribution in [1.29, 1.82) is 0 Å². The molecule has 1 saturated heterocycles. The Morgan fingerprint density at radius 1 is 1.44 bits per heavy atom. The molecule has 1 amide bonds. The summed E-state index contributed by atoms with van der Waals surface area (Å²) in [6.07, 6.45) is 5.55. The first kappa shape index (κ1) is 12.3. The first-order valence-electron chi connectivity index (χ1n) is 6.63. The van der Waals surface area contributed by atoms with Crippen molar-refractivity contribution in [3.8, 4) is 0 Å². The van der Waals surface area contributed by atoms with Crippen LogP contribution < -0.4 is 0 Å². The fourth-order valence-corrected chi connectivity index (χ4v) is 3.16. The van der Waals surface area contributed by atoms with E-state index in [-0.39, 0.29) is 11.3 Å². The number of hydrogen-bond acceptors (Lipinski definition) is 1. The van der Waals surface area contributed by atoms with Gasteiger partial charge in [-0.15, -0.1) is 0 Å². The molecule has 3 nitrogen and oxygen atoms in total. The van der Waals surface area contributed by atoms with Gasteiger partial charge < -0.3 is 9.47 Å². The first-order valence-corrected chi connectivity index (χ1v) is 7.42. The van der Waals surface area contributed by atoms with E-state index in [1.54, 1.807) is 0 Å². The number of carbonyl (C=O) groups is 1. The lowest BCUT2D eigenvalue weighted by atomic mass is 9.93. The predicted octanol–water partition coefficient (Wildman–Crippen LogP) is 3.46. The number of halogens is 1. The van der Waals surface area contributed by atoms with Crippen LogP contribution in [0.15, 0.2) is 16.7 Å². The van der Waals surface area contributed by atoms with E-state index < -0.39 is 0 Å². The van der Waals surface area contributed by atoms with Crippen LogP contribution in [0.25, 0.3) is 0 Å². The van der Waals surface area contributed by atoms with Gasteiger partial charge in [0, 0.05) is 29.8 Å². The molecule has 0 N–H and O–H groups in total. The van der Waals surface area contributed by atoms with Crippen LogP contribution in [0.5, 0.6) is 0 Å². The number of amides is 1. The van der Waals surface area contributed by atoms with Crippen LogP contribution in [0, 0.1) is 5.41 Å². The Bertz CT molecular complexity index is 488. The van der Waals surface area contributed by atoms with E-state index in [4.69, 9.17) is 0 Å². The average molecular weight is 311 g/mol. The lowest BCUT2D eigenvalue weighted by Crippen LogP contribution is -2.31. The fraction of sp³-hybridized carbons (Fsp3) is 0.643. The molecule has 18 heavy (non-hydrogen) atoms. The molecule has 0 bridgehead atoms. The van der Waals surface area contributed by atoms with Gasteiger partial charge in [0.15, 0.2) is 0 Å². The predicted molar refractivity (Wildman–Crippen MR) is 74.7 cm³/mol. The minimum atomic E-state index is 0.193. The summed E-state index contributed by atoms with van der Waals surface area (Å²) in [5.41, 5.74) is 1.12. The molecule has 1 saturated carbocycles. The maximum atomic E-state index is 12.6. The molecular formula is C14H19BrN2O. The number of likely N-dealkylation sites (tertiary alicyclic amines) is 1. The van der Waals surface area contributed by atoms with Crippen molar-refractivity contribution < 1.29 is 4.79 Å². The van der Waals surface area contributed by atoms with Crippen LogP contribution in [0.2, 0.25) is 0 Å². The van der Waals surface area contributed by atoms with Crippen LogP contribution in [0.4, 0.5) is 0 Å². The Kier molecular flexibility index (Phi) is 2.81. The molecule has 4 heteroatoms. The Hall–Kier alpha value is -0.770. The van der Waals surface area contributed by atoms with Crippen molar-refractivity contribution in [2.75, 3.05) is 13.1 Å². The van der Waals surface area contributed by atoms with Crippen molar-refractivity contribution in [3.05, 3.63) is 22.4 Å². The lowest BCUT2D eigenvalue weighted by Gasteiger charge is -2.20. The number of hydrogen-bond donors (Lipinski definition) is 0. The summed E-state index contributed by atoms with van der Waals surface area (Å²) in [4.78, 5) is 14.6. The topological polar surface area (TPSA) is 25.2 Å². The molecule has 0 unspecified atom stereocenters. The molecule has 98 valence electrons. The zero-order valence-electron chi connectivity index (χ0n) is 10.9. The lowest BCUT2D eigenvalue weighted by molar-refractivity contribution is 0.0767. The van der Waals surface area contributed by atoms with Gasteiger partial charge in [-0.3, -0.25) is 4.79 Å². The SMILES string of the molecule is CC1(C)CCN(C(=O)c2cc(Br)cn2C2CC2)C1. The minimum absolute atomic E-state index is 0.193. The molecule has 1 aliphatic heterocycles. The van der Waals surface area contributed by atoms with Crippen LogP contribution in [-0.2, 0) is 0 Å². The van der Waals surface area contributed by atoms with E-state index in [1.165, 1.54) is 12.8 Å². The molecular weight excluding hydrogens is 292 g/mol. The van der Waals surface area contributed by atoms with Crippen molar-refractivity contribution in [2.24, 2.45) is 5.41 Å². The van der Waals surface area contributed by atoms with Gasteiger partial charge in [-0.1, -0.05) is 13.8 Å². The first-order chi connectivity index (χ1) is 8.46. The molecule has 0 atom stereocenters. The highest BCUT2D eigenvalue weighted by molar-refractivity contribution is 9.10.